The second-order valence-electron chi connectivity index (χ2n) is 5.28. The molecule has 0 aromatic carbocycles. The molecule has 21 heavy (non-hydrogen) atoms. The van der Waals surface area contributed by atoms with Crippen molar-refractivity contribution >= 4 is 17.5 Å². The van der Waals surface area contributed by atoms with E-state index < -0.39 is 0 Å². The van der Waals surface area contributed by atoms with Crippen LogP contribution in [0.25, 0.3) is 0 Å². The zero-order valence-electron chi connectivity index (χ0n) is 12.6. The monoisotopic (exact) mass is 292 g/mol. The van der Waals surface area contributed by atoms with Gasteiger partial charge < -0.3 is 15.4 Å². The number of hydrogen-bond acceptors (Lipinski definition) is 6. The molecule has 1 aromatic heterocycles. The van der Waals surface area contributed by atoms with Crippen molar-refractivity contribution in [2.45, 2.75) is 19.8 Å². The van der Waals surface area contributed by atoms with Crippen LogP contribution in [-0.2, 0) is 9.53 Å². The summed E-state index contributed by atoms with van der Waals surface area (Å²) in [6.07, 6.45) is 3.77. The maximum absolute atomic E-state index is 11.7. The number of carbonyl (C=O) groups is 1. The Balaban J connectivity index is 1.73. The number of carbonyl (C=O) groups excluding carboxylic acids is 1. The van der Waals surface area contributed by atoms with Gasteiger partial charge in [-0.2, -0.15) is 0 Å². The summed E-state index contributed by atoms with van der Waals surface area (Å²) in [6, 6.07) is 3.80. The Kier molecular flexibility index (Phi) is 5.80. The highest BCUT2D eigenvalue weighted by Gasteiger charge is 2.19. The van der Waals surface area contributed by atoms with E-state index in [4.69, 9.17) is 10.5 Å². The van der Waals surface area contributed by atoms with Gasteiger partial charge in [0.2, 0.25) is 0 Å². The van der Waals surface area contributed by atoms with Gasteiger partial charge in [-0.15, -0.1) is 0 Å². The van der Waals surface area contributed by atoms with E-state index >= 15 is 0 Å². The Labute approximate surface area is 125 Å². The van der Waals surface area contributed by atoms with E-state index in [9.17, 15) is 4.79 Å². The number of piperazine rings is 1. The standard InChI is InChI=1S/C15H24N4O2/c1-2-3-10-21-15(20)12-18-6-8-19(9-7-18)13-4-5-14(16)17-11-13/h4-5,11H,2-3,6-10,12H2,1H3,(H2,16,17). The average molecular weight is 292 g/mol. The van der Waals surface area contributed by atoms with E-state index in [0.717, 1.165) is 44.7 Å². The summed E-state index contributed by atoms with van der Waals surface area (Å²) in [6.45, 7) is 6.48. The van der Waals surface area contributed by atoms with E-state index in [1.54, 1.807) is 6.20 Å². The molecule has 1 fully saturated rings. The summed E-state index contributed by atoms with van der Waals surface area (Å²) in [7, 11) is 0. The van der Waals surface area contributed by atoms with Crippen molar-refractivity contribution in [3.63, 3.8) is 0 Å². The molecule has 2 rings (SSSR count). The SMILES string of the molecule is CCCCOC(=O)CN1CCN(c2ccc(N)nc2)CC1. The van der Waals surface area contributed by atoms with Gasteiger partial charge in [0.05, 0.1) is 25.0 Å². The fourth-order valence-corrected chi connectivity index (χ4v) is 2.31. The summed E-state index contributed by atoms with van der Waals surface area (Å²) < 4.78 is 5.19. The predicted octanol–water partition coefficient (Wildman–Crippen LogP) is 1.13. The molecule has 1 aliphatic rings. The zero-order chi connectivity index (χ0) is 15.1. The van der Waals surface area contributed by atoms with Crippen LogP contribution in [0.15, 0.2) is 18.3 Å². The van der Waals surface area contributed by atoms with Crippen molar-refractivity contribution in [2.24, 2.45) is 0 Å². The van der Waals surface area contributed by atoms with Gasteiger partial charge in [-0.25, -0.2) is 4.98 Å². The molecule has 6 nitrogen and oxygen atoms in total. The number of unbranched alkanes of at least 4 members (excludes halogenated alkanes) is 1. The van der Waals surface area contributed by atoms with E-state index in [2.05, 4.69) is 21.7 Å². The third-order valence-corrected chi connectivity index (χ3v) is 3.62. The Morgan fingerprint density at radius 2 is 2.10 bits per heavy atom. The number of nitrogen functional groups attached to an aromatic ring is 1. The minimum atomic E-state index is -0.119. The summed E-state index contributed by atoms with van der Waals surface area (Å²) in [5, 5.41) is 0. The van der Waals surface area contributed by atoms with Crippen LogP contribution in [0.2, 0.25) is 0 Å². The van der Waals surface area contributed by atoms with Crippen molar-refractivity contribution < 1.29 is 9.53 Å². The van der Waals surface area contributed by atoms with Crippen molar-refractivity contribution in [2.75, 3.05) is 50.0 Å². The van der Waals surface area contributed by atoms with Gasteiger partial charge in [-0.3, -0.25) is 9.69 Å². The molecular weight excluding hydrogens is 268 g/mol. The van der Waals surface area contributed by atoms with Crippen LogP contribution in [0.5, 0.6) is 0 Å². The smallest absolute Gasteiger partial charge is 0.320 e. The van der Waals surface area contributed by atoms with Crippen molar-refractivity contribution in [3.05, 3.63) is 18.3 Å². The lowest BCUT2D eigenvalue weighted by molar-refractivity contribution is -0.145. The highest BCUT2D eigenvalue weighted by molar-refractivity contribution is 5.71. The summed E-state index contributed by atoms with van der Waals surface area (Å²) in [4.78, 5) is 20.2. The van der Waals surface area contributed by atoms with Crippen LogP contribution in [0.4, 0.5) is 11.5 Å². The molecule has 0 radical (unpaired) electrons. The van der Waals surface area contributed by atoms with E-state index in [1.807, 2.05) is 12.1 Å². The molecule has 0 atom stereocenters. The molecule has 0 saturated carbocycles. The number of nitrogens with two attached hydrogens (primary N) is 1. The molecule has 0 spiro atoms. The Hall–Kier alpha value is -1.82. The van der Waals surface area contributed by atoms with Gasteiger partial charge in [0.25, 0.3) is 0 Å². The van der Waals surface area contributed by atoms with Crippen LogP contribution in [0, 0.1) is 0 Å². The first kappa shape index (κ1) is 15.6. The topological polar surface area (TPSA) is 71.7 Å². The minimum absolute atomic E-state index is 0.119. The Morgan fingerprint density at radius 1 is 1.33 bits per heavy atom. The van der Waals surface area contributed by atoms with Crippen LogP contribution >= 0.6 is 0 Å². The first-order valence-electron chi connectivity index (χ1n) is 7.53. The van der Waals surface area contributed by atoms with Crippen LogP contribution in [-0.4, -0.2) is 55.2 Å². The largest absolute Gasteiger partial charge is 0.465 e. The lowest BCUT2D eigenvalue weighted by Crippen LogP contribution is -2.48. The molecular formula is C15H24N4O2. The van der Waals surface area contributed by atoms with Crippen molar-refractivity contribution in [1.29, 1.82) is 0 Å². The highest BCUT2D eigenvalue weighted by atomic mass is 16.5. The molecule has 6 heteroatoms. The second kappa shape index (κ2) is 7.83. The fourth-order valence-electron chi connectivity index (χ4n) is 2.31. The normalized spacial score (nSPS) is 16.0. The fraction of sp³-hybridized carbons (Fsp3) is 0.600. The lowest BCUT2D eigenvalue weighted by Gasteiger charge is -2.35. The molecule has 0 bridgehead atoms. The van der Waals surface area contributed by atoms with E-state index in [-0.39, 0.29) is 5.97 Å². The van der Waals surface area contributed by atoms with Gasteiger partial charge in [0.1, 0.15) is 5.82 Å². The number of pyridine rings is 1. The molecule has 1 saturated heterocycles. The maximum atomic E-state index is 11.7. The second-order valence-corrected chi connectivity index (χ2v) is 5.28. The number of esters is 1. The first-order chi connectivity index (χ1) is 10.2. The summed E-state index contributed by atoms with van der Waals surface area (Å²) in [5.74, 6) is 0.415. The lowest BCUT2D eigenvalue weighted by atomic mass is 10.2. The maximum Gasteiger partial charge on any atom is 0.320 e. The zero-order valence-corrected chi connectivity index (χ0v) is 12.6. The van der Waals surface area contributed by atoms with Gasteiger partial charge >= 0.3 is 5.97 Å². The predicted molar refractivity (Wildman–Crippen MR) is 83.2 cm³/mol. The third-order valence-electron chi connectivity index (χ3n) is 3.62. The van der Waals surface area contributed by atoms with Gasteiger partial charge in [-0.05, 0) is 18.6 Å². The number of hydrogen-bond donors (Lipinski definition) is 1. The van der Waals surface area contributed by atoms with Crippen LogP contribution < -0.4 is 10.6 Å². The average Bonchev–Trinajstić information content (AvgIpc) is 2.49. The van der Waals surface area contributed by atoms with Gasteiger partial charge in [0, 0.05) is 26.2 Å². The molecule has 116 valence electrons. The molecule has 1 aliphatic heterocycles. The molecule has 0 unspecified atom stereocenters. The summed E-state index contributed by atoms with van der Waals surface area (Å²) >= 11 is 0. The van der Waals surface area contributed by atoms with Gasteiger partial charge in [0.15, 0.2) is 0 Å². The number of nitrogens with zero attached hydrogens (tertiary/aromatic N) is 3. The quantitative estimate of drug-likeness (QED) is 0.626. The van der Waals surface area contributed by atoms with Crippen LogP contribution in [0.1, 0.15) is 19.8 Å². The van der Waals surface area contributed by atoms with Gasteiger partial charge in [-0.1, -0.05) is 13.3 Å². The van der Waals surface area contributed by atoms with E-state index in [1.165, 1.54) is 0 Å². The van der Waals surface area contributed by atoms with Crippen molar-refractivity contribution in [1.82, 2.24) is 9.88 Å². The molecule has 0 amide bonds. The number of ether oxygens (including phenoxy) is 1. The number of aromatic nitrogens is 1. The molecule has 2 heterocycles. The molecule has 0 aliphatic carbocycles. The highest BCUT2D eigenvalue weighted by Crippen LogP contribution is 2.16. The first-order valence-corrected chi connectivity index (χ1v) is 7.53. The molecule has 2 N–H and O–H groups in total. The third kappa shape index (κ3) is 4.90. The Bertz CT molecular complexity index is 441. The molecule has 1 aromatic rings. The number of rotatable bonds is 6. The minimum Gasteiger partial charge on any atom is -0.465 e. The number of anilines is 2. The van der Waals surface area contributed by atoms with Crippen LogP contribution in [0.3, 0.4) is 0 Å². The van der Waals surface area contributed by atoms with E-state index in [0.29, 0.717) is 19.0 Å². The van der Waals surface area contributed by atoms with Crippen molar-refractivity contribution in [3.8, 4) is 0 Å². The summed E-state index contributed by atoms with van der Waals surface area (Å²) in [5.41, 5.74) is 6.67. The Morgan fingerprint density at radius 3 is 2.71 bits per heavy atom.